The van der Waals surface area contributed by atoms with Crippen LogP contribution in [0.4, 0.5) is 0 Å². The van der Waals surface area contributed by atoms with Crippen LogP contribution in [0, 0.1) is 6.92 Å². The molecule has 0 spiro atoms. The number of hydrogen-bond acceptors (Lipinski definition) is 3. The third-order valence-corrected chi connectivity index (χ3v) is 4.34. The summed E-state index contributed by atoms with van der Waals surface area (Å²) in [6.07, 6.45) is 1.83. The van der Waals surface area contributed by atoms with E-state index in [4.69, 9.17) is 4.42 Å². The van der Waals surface area contributed by atoms with Gasteiger partial charge in [0.15, 0.2) is 0 Å². The average molecular weight is 300 g/mol. The number of nitrogens with one attached hydrogen (secondary N) is 1. The van der Waals surface area contributed by atoms with E-state index in [1.807, 2.05) is 13.2 Å². The highest BCUT2D eigenvalue weighted by molar-refractivity contribution is 9.10. The normalized spacial score (nSPS) is 12.9. The molecule has 0 aromatic carbocycles. The average Bonchev–Trinajstić information content (AvgIpc) is 2.84. The molecule has 0 aliphatic carbocycles. The molecule has 0 amide bonds. The second-order valence-corrected chi connectivity index (χ2v) is 5.42. The van der Waals surface area contributed by atoms with Crippen LogP contribution in [0.15, 0.2) is 32.7 Å². The SMILES string of the molecule is CCNC(c1coc(C)c1)c1sccc1Br. The summed E-state index contributed by atoms with van der Waals surface area (Å²) in [7, 11) is 0. The molecule has 4 heteroatoms. The summed E-state index contributed by atoms with van der Waals surface area (Å²) in [5, 5.41) is 5.57. The first-order valence-electron chi connectivity index (χ1n) is 5.23. The molecule has 2 aromatic rings. The van der Waals surface area contributed by atoms with E-state index in [1.165, 1.54) is 10.4 Å². The fraction of sp³-hybridized carbons (Fsp3) is 0.333. The molecular formula is C12H14BrNOS. The monoisotopic (exact) mass is 299 g/mol. The molecule has 2 aromatic heterocycles. The van der Waals surface area contributed by atoms with Gasteiger partial charge in [-0.25, -0.2) is 0 Å². The van der Waals surface area contributed by atoms with E-state index in [1.54, 1.807) is 11.3 Å². The lowest BCUT2D eigenvalue weighted by molar-refractivity contribution is 0.526. The first kappa shape index (κ1) is 11.9. The Balaban J connectivity index is 2.34. The second kappa shape index (κ2) is 5.17. The first-order valence-corrected chi connectivity index (χ1v) is 6.91. The van der Waals surface area contributed by atoms with Gasteiger partial charge in [-0.05, 0) is 46.9 Å². The molecule has 0 radical (unpaired) electrons. The van der Waals surface area contributed by atoms with Gasteiger partial charge in [0.25, 0.3) is 0 Å². The van der Waals surface area contributed by atoms with E-state index in [-0.39, 0.29) is 6.04 Å². The van der Waals surface area contributed by atoms with Gasteiger partial charge in [0.2, 0.25) is 0 Å². The van der Waals surface area contributed by atoms with Crippen LogP contribution in [-0.4, -0.2) is 6.54 Å². The van der Waals surface area contributed by atoms with Crippen molar-refractivity contribution >= 4 is 27.3 Å². The van der Waals surface area contributed by atoms with Crippen LogP contribution in [0.1, 0.15) is 29.2 Å². The Labute approximate surface area is 108 Å². The summed E-state index contributed by atoms with van der Waals surface area (Å²) in [5.41, 5.74) is 1.18. The minimum absolute atomic E-state index is 0.219. The molecule has 86 valence electrons. The van der Waals surface area contributed by atoms with Gasteiger partial charge in [-0.1, -0.05) is 6.92 Å². The Morgan fingerprint density at radius 3 is 2.88 bits per heavy atom. The predicted octanol–water partition coefficient (Wildman–Crippen LogP) is 4.11. The van der Waals surface area contributed by atoms with Crippen molar-refractivity contribution in [2.24, 2.45) is 0 Å². The summed E-state index contributed by atoms with van der Waals surface area (Å²) in [6.45, 7) is 5.01. The van der Waals surface area contributed by atoms with Gasteiger partial charge in [0.1, 0.15) is 5.76 Å². The van der Waals surface area contributed by atoms with Crippen molar-refractivity contribution in [2.75, 3.05) is 6.54 Å². The Bertz CT molecular complexity index is 463. The van der Waals surface area contributed by atoms with Gasteiger partial charge in [-0.15, -0.1) is 11.3 Å². The Kier molecular flexibility index (Phi) is 3.84. The Morgan fingerprint density at radius 1 is 1.56 bits per heavy atom. The minimum Gasteiger partial charge on any atom is -0.469 e. The molecule has 2 rings (SSSR count). The van der Waals surface area contributed by atoms with Crippen molar-refractivity contribution in [3.63, 3.8) is 0 Å². The molecule has 0 aliphatic rings. The molecule has 0 fully saturated rings. The van der Waals surface area contributed by atoms with Crippen LogP contribution in [0.25, 0.3) is 0 Å². The van der Waals surface area contributed by atoms with Crippen molar-refractivity contribution < 1.29 is 4.42 Å². The highest BCUT2D eigenvalue weighted by Gasteiger charge is 2.18. The number of aryl methyl sites for hydroxylation is 1. The summed E-state index contributed by atoms with van der Waals surface area (Å²) in [4.78, 5) is 1.29. The highest BCUT2D eigenvalue weighted by Crippen LogP contribution is 2.33. The van der Waals surface area contributed by atoms with Crippen molar-refractivity contribution in [3.05, 3.63) is 44.4 Å². The standard InChI is InChI=1S/C12H14BrNOS/c1-3-14-11(9-6-8(2)15-7-9)12-10(13)4-5-16-12/h4-7,11,14H,3H2,1-2H3. The Morgan fingerprint density at radius 2 is 2.38 bits per heavy atom. The van der Waals surface area contributed by atoms with Crippen LogP contribution in [0.5, 0.6) is 0 Å². The molecule has 1 N–H and O–H groups in total. The lowest BCUT2D eigenvalue weighted by atomic mass is 10.1. The molecule has 16 heavy (non-hydrogen) atoms. The molecule has 2 nitrogen and oxygen atoms in total. The van der Waals surface area contributed by atoms with Crippen molar-refractivity contribution in [1.29, 1.82) is 0 Å². The summed E-state index contributed by atoms with van der Waals surface area (Å²) in [5.74, 6) is 0.950. The third-order valence-electron chi connectivity index (χ3n) is 2.40. The van der Waals surface area contributed by atoms with E-state index >= 15 is 0 Å². The van der Waals surface area contributed by atoms with Gasteiger partial charge in [-0.3, -0.25) is 0 Å². The van der Waals surface area contributed by atoms with Crippen LogP contribution in [-0.2, 0) is 0 Å². The summed E-state index contributed by atoms with van der Waals surface area (Å²) >= 11 is 5.33. The largest absolute Gasteiger partial charge is 0.469 e. The summed E-state index contributed by atoms with van der Waals surface area (Å²) in [6, 6.07) is 4.38. The highest BCUT2D eigenvalue weighted by atomic mass is 79.9. The maximum atomic E-state index is 5.38. The van der Waals surface area contributed by atoms with Gasteiger partial charge in [0.05, 0.1) is 12.3 Å². The van der Waals surface area contributed by atoms with Gasteiger partial charge in [-0.2, -0.15) is 0 Å². The van der Waals surface area contributed by atoms with Crippen LogP contribution in [0.2, 0.25) is 0 Å². The second-order valence-electron chi connectivity index (χ2n) is 3.61. The maximum Gasteiger partial charge on any atom is 0.101 e. The minimum atomic E-state index is 0.219. The molecule has 0 aliphatic heterocycles. The fourth-order valence-corrected chi connectivity index (χ4v) is 3.40. The van der Waals surface area contributed by atoms with Gasteiger partial charge < -0.3 is 9.73 Å². The quantitative estimate of drug-likeness (QED) is 0.919. The van der Waals surface area contributed by atoms with E-state index in [9.17, 15) is 0 Å². The van der Waals surface area contributed by atoms with Gasteiger partial charge in [0, 0.05) is 14.9 Å². The van der Waals surface area contributed by atoms with E-state index in [2.05, 4.69) is 45.7 Å². The molecule has 2 heterocycles. The molecule has 1 atom stereocenters. The van der Waals surface area contributed by atoms with E-state index in [0.717, 1.165) is 16.8 Å². The zero-order valence-electron chi connectivity index (χ0n) is 9.29. The third kappa shape index (κ3) is 2.39. The fourth-order valence-electron chi connectivity index (χ4n) is 1.69. The van der Waals surface area contributed by atoms with Crippen molar-refractivity contribution in [1.82, 2.24) is 5.32 Å². The zero-order chi connectivity index (χ0) is 11.5. The summed E-state index contributed by atoms with van der Waals surface area (Å²) < 4.78 is 6.53. The van der Waals surface area contributed by atoms with Gasteiger partial charge >= 0.3 is 0 Å². The molecule has 0 bridgehead atoms. The van der Waals surface area contributed by atoms with Crippen molar-refractivity contribution in [3.8, 4) is 0 Å². The van der Waals surface area contributed by atoms with E-state index in [0.29, 0.717) is 0 Å². The predicted molar refractivity (Wildman–Crippen MR) is 71.0 cm³/mol. The van der Waals surface area contributed by atoms with Crippen LogP contribution in [0.3, 0.4) is 0 Å². The zero-order valence-corrected chi connectivity index (χ0v) is 11.7. The topological polar surface area (TPSA) is 25.2 Å². The number of thiophene rings is 1. The van der Waals surface area contributed by atoms with Crippen molar-refractivity contribution in [2.45, 2.75) is 19.9 Å². The number of rotatable bonds is 4. The lowest BCUT2D eigenvalue weighted by Gasteiger charge is -2.15. The number of hydrogen-bond donors (Lipinski definition) is 1. The van der Waals surface area contributed by atoms with Crippen LogP contribution < -0.4 is 5.32 Å². The van der Waals surface area contributed by atoms with E-state index < -0.39 is 0 Å². The number of halogens is 1. The number of furan rings is 1. The molecule has 1 unspecified atom stereocenters. The van der Waals surface area contributed by atoms with Crippen LogP contribution >= 0.6 is 27.3 Å². The Hall–Kier alpha value is -0.580. The lowest BCUT2D eigenvalue weighted by Crippen LogP contribution is -2.20. The molecule has 0 saturated heterocycles. The molecule has 0 saturated carbocycles. The maximum absolute atomic E-state index is 5.38. The first-order chi connectivity index (χ1) is 7.72. The molecular weight excluding hydrogens is 286 g/mol. The smallest absolute Gasteiger partial charge is 0.101 e.